The largest absolute Gasteiger partial charge is 0.450 e. The average Bonchev–Trinajstić information content (AvgIpc) is 3.31. The Labute approximate surface area is 180 Å². The van der Waals surface area contributed by atoms with Gasteiger partial charge in [-0.05, 0) is 48.7 Å². The molecular formula is C22H17BrClNO4. The molecule has 0 radical (unpaired) electrons. The molecule has 5 rings (SSSR count). The molecule has 0 spiro atoms. The Morgan fingerprint density at radius 1 is 1.17 bits per heavy atom. The highest BCUT2D eigenvalue weighted by Crippen LogP contribution is 2.39. The van der Waals surface area contributed by atoms with Crippen LogP contribution in [0.25, 0.3) is 11.0 Å². The predicted octanol–water partition coefficient (Wildman–Crippen LogP) is 4.93. The number of halogens is 2. The van der Waals surface area contributed by atoms with Gasteiger partial charge in [0.05, 0.1) is 23.1 Å². The number of carbonyl (C=O) groups excluding carboxylic acids is 1. The van der Waals surface area contributed by atoms with Crippen molar-refractivity contribution >= 4 is 44.4 Å². The number of carbonyl (C=O) groups is 1. The van der Waals surface area contributed by atoms with E-state index in [1.807, 2.05) is 24.3 Å². The zero-order valence-electron chi connectivity index (χ0n) is 15.4. The van der Waals surface area contributed by atoms with Gasteiger partial charge in [-0.25, -0.2) is 0 Å². The molecular weight excluding hydrogens is 458 g/mol. The highest BCUT2D eigenvalue weighted by atomic mass is 79.9. The van der Waals surface area contributed by atoms with Crippen LogP contribution in [0.2, 0.25) is 5.02 Å². The van der Waals surface area contributed by atoms with Crippen molar-refractivity contribution in [3.05, 3.63) is 79.1 Å². The van der Waals surface area contributed by atoms with Crippen LogP contribution >= 0.6 is 27.5 Å². The molecule has 1 amide bonds. The van der Waals surface area contributed by atoms with Crippen LogP contribution in [0.15, 0.2) is 56.1 Å². The zero-order valence-corrected chi connectivity index (χ0v) is 17.7. The third-order valence-electron chi connectivity index (χ3n) is 5.52. The number of rotatable bonds is 3. The van der Waals surface area contributed by atoms with Crippen molar-refractivity contribution in [3.63, 3.8) is 0 Å². The first-order valence-corrected chi connectivity index (χ1v) is 10.6. The SMILES string of the molecule is O=C1c2oc3ccc(Cl)cc3c(=O)c2[C@@H](c2cccc(Br)c2)N1C[C@@H]1CCCO1. The van der Waals surface area contributed by atoms with E-state index < -0.39 is 6.04 Å². The summed E-state index contributed by atoms with van der Waals surface area (Å²) in [6.45, 7) is 1.11. The maximum atomic E-state index is 13.4. The fourth-order valence-corrected chi connectivity index (χ4v) is 4.80. The fourth-order valence-electron chi connectivity index (χ4n) is 4.21. The third-order valence-corrected chi connectivity index (χ3v) is 6.24. The summed E-state index contributed by atoms with van der Waals surface area (Å²) < 4.78 is 12.6. The molecule has 0 aliphatic carbocycles. The van der Waals surface area contributed by atoms with Crippen molar-refractivity contribution in [3.8, 4) is 0 Å². The second-order valence-corrected chi connectivity index (χ2v) is 8.72. The molecule has 2 aliphatic rings. The van der Waals surface area contributed by atoms with Gasteiger partial charge >= 0.3 is 0 Å². The summed E-state index contributed by atoms with van der Waals surface area (Å²) in [6.07, 6.45) is 1.83. The topological polar surface area (TPSA) is 59.8 Å². The molecule has 0 unspecified atom stereocenters. The number of hydrogen-bond donors (Lipinski definition) is 0. The van der Waals surface area contributed by atoms with Crippen molar-refractivity contribution in [1.82, 2.24) is 4.90 Å². The Morgan fingerprint density at radius 3 is 2.79 bits per heavy atom. The zero-order chi connectivity index (χ0) is 20.1. The summed E-state index contributed by atoms with van der Waals surface area (Å²) in [4.78, 5) is 28.4. The maximum absolute atomic E-state index is 13.4. The van der Waals surface area contributed by atoms with Gasteiger partial charge < -0.3 is 14.1 Å². The first kappa shape index (κ1) is 18.9. The van der Waals surface area contributed by atoms with E-state index in [4.69, 9.17) is 20.8 Å². The number of hydrogen-bond acceptors (Lipinski definition) is 4. The first-order valence-electron chi connectivity index (χ1n) is 9.47. The van der Waals surface area contributed by atoms with E-state index in [-0.39, 0.29) is 23.2 Å². The van der Waals surface area contributed by atoms with Gasteiger partial charge in [0.2, 0.25) is 5.76 Å². The van der Waals surface area contributed by atoms with Crippen LogP contribution in [0.1, 0.15) is 40.6 Å². The number of ether oxygens (including phenoxy) is 1. The van der Waals surface area contributed by atoms with E-state index in [9.17, 15) is 9.59 Å². The van der Waals surface area contributed by atoms with Crippen LogP contribution < -0.4 is 5.43 Å². The minimum Gasteiger partial charge on any atom is -0.450 e. The van der Waals surface area contributed by atoms with E-state index in [2.05, 4.69) is 15.9 Å². The van der Waals surface area contributed by atoms with Gasteiger partial charge in [0, 0.05) is 22.6 Å². The number of benzene rings is 2. The van der Waals surface area contributed by atoms with Crippen LogP contribution in [0.5, 0.6) is 0 Å². The molecule has 2 atom stereocenters. The normalized spacial score (nSPS) is 21.2. The lowest BCUT2D eigenvalue weighted by Gasteiger charge is -2.27. The van der Waals surface area contributed by atoms with Gasteiger partial charge in [-0.2, -0.15) is 0 Å². The molecule has 29 heavy (non-hydrogen) atoms. The van der Waals surface area contributed by atoms with Crippen LogP contribution in [0.3, 0.4) is 0 Å². The number of amides is 1. The summed E-state index contributed by atoms with van der Waals surface area (Å²) in [7, 11) is 0. The lowest BCUT2D eigenvalue weighted by atomic mass is 9.98. The summed E-state index contributed by atoms with van der Waals surface area (Å²) in [5, 5.41) is 0.826. The average molecular weight is 475 g/mol. The third kappa shape index (κ3) is 3.19. The maximum Gasteiger partial charge on any atom is 0.291 e. The quantitative estimate of drug-likeness (QED) is 0.540. The van der Waals surface area contributed by atoms with Crippen LogP contribution in [-0.2, 0) is 4.74 Å². The number of nitrogens with zero attached hydrogens (tertiary/aromatic N) is 1. The highest BCUT2D eigenvalue weighted by molar-refractivity contribution is 9.10. The molecule has 148 valence electrons. The smallest absolute Gasteiger partial charge is 0.291 e. The Morgan fingerprint density at radius 2 is 2.03 bits per heavy atom. The molecule has 3 heterocycles. The predicted molar refractivity (Wildman–Crippen MR) is 113 cm³/mol. The Hall–Kier alpha value is -2.15. The van der Waals surface area contributed by atoms with E-state index in [1.165, 1.54) is 0 Å². The molecule has 0 bridgehead atoms. The van der Waals surface area contributed by atoms with E-state index in [0.29, 0.717) is 34.7 Å². The van der Waals surface area contributed by atoms with Crippen molar-refractivity contribution < 1.29 is 13.9 Å². The highest BCUT2D eigenvalue weighted by Gasteiger charge is 2.43. The molecule has 0 N–H and O–H groups in total. The molecule has 1 saturated heterocycles. The lowest BCUT2D eigenvalue weighted by Crippen LogP contribution is -2.36. The van der Waals surface area contributed by atoms with Crippen LogP contribution in [0, 0.1) is 0 Å². The van der Waals surface area contributed by atoms with E-state index in [1.54, 1.807) is 23.1 Å². The molecule has 2 aromatic carbocycles. The lowest BCUT2D eigenvalue weighted by molar-refractivity contribution is 0.0486. The van der Waals surface area contributed by atoms with E-state index >= 15 is 0 Å². The Kier molecular flexibility index (Phi) is 4.73. The van der Waals surface area contributed by atoms with Crippen molar-refractivity contribution in [2.75, 3.05) is 13.2 Å². The molecule has 7 heteroatoms. The Bertz CT molecular complexity index is 1190. The summed E-state index contributed by atoms with van der Waals surface area (Å²) in [5.41, 5.74) is 1.34. The standard InChI is InChI=1S/C22H17BrClNO4/c23-13-4-1-3-12(9-13)19-18-20(26)16-10-14(24)6-7-17(16)29-21(18)22(27)25(19)11-15-5-2-8-28-15/h1,3-4,6-7,9-10,15,19H,2,5,8,11H2/t15-,19+/m0/s1. The molecule has 2 aliphatic heterocycles. The van der Waals surface area contributed by atoms with Crippen molar-refractivity contribution in [2.45, 2.75) is 25.0 Å². The molecule has 0 saturated carbocycles. The van der Waals surface area contributed by atoms with Crippen molar-refractivity contribution in [2.24, 2.45) is 0 Å². The Balaban J connectivity index is 1.72. The van der Waals surface area contributed by atoms with Crippen LogP contribution in [0.4, 0.5) is 0 Å². The van der Waals surface area contributed by atoms with Gasteiger partial charge in [0.25, 0.3) is 5.91 Å². The molecule has 5 nitrogen and oxygen atoms in total. The van der Waals surface area contributed by atoms with Gasteiger partial charge in [-0.15, -0.1) is 0 Å². The van der Waals surface area contributed by atoms with Crippen molar-refractivity contribution in [1.29, 1.82) is 0 Å². The number of fused-ring (bicyclic) bond motifs is 2. The summed E-state index contributed by atoms with van der Waals surface area (Å²) >= 11 is 9.60. The summed E-state index contributed by atoms with van der Waals surface area (Å²) in [6, 6.07) is 12.0. The molecule has 3 aromatic rings. The second kappa shape index (κ2) is 7.27. The first-order chi connectivity index (χ1) is 14.0. The second-order valence-electron chi connectivity index (χ2n) is 7.36. The van der Waals surface area contributed by atoms with Gasteiger partial charge in [0.1, 0.15) is 5.58 Å². The minimum atomic E-state index is -0.529. The monoisotopic (exact) mass is 473 g/mol. The minimum absolute atomic E-state index is 0.0399. The van der Waals surface area contributed by atoms with Crippen LogP contribution in [-0.4, -0.2) is 30.1 Å². The molecule has 1 aromatic heterocycles. The molecule has 1 fully saturated rings. The fraction of sp³-hybridized carbons (Fsp3) is 0.273. The van der Waals surface area contributed by atoms with Gasteiger partial charge in [-0.3, -0.25) is 9.59 Å². The van der Waals surface area contributed by atoms with Gasteiger partial charge in [0.15, 0.2) is 5.43 Å². The van der Waals surface area contributed by atoms with Gasteiger partial charge in [-0.1, -0.05) is 39.7 Å². The summed E-state index contributed by atoms with van der Waals surface area (Å²) in [5.74, 6) is -0.178. The van der Waals surface area contributed by atoms with E-state index in [0.717, 1.165) is 22.9 Å².